The highest BCUT2D eigenvalue weighted by molar-refractivity contribution is 5.32. The van der Waals surface area contributed by atoms with E-state index in [1.54, 1.807) is 13.2 Å². The molecule has 18 heavy (non-hydrogen) atoms. The summed E-state index contributed by atoms with van der Waals surface area (Å²) in [6, 6.07) is 5.21. The summed E-state index contributed by atoms with van der Waals surface area (Å²) in [4.78, 5) is 0. The predicted octanol–water partition coefficient (Wildman–Crippen LogP) is 2.28. The third-order valence-corrected chi connectivity index (χ3v) is 2.99. The Hall–Kier alpha value is -1.13. The predicted molar refractivity (Wildman–Crippen MR) is 68.5 cm³/mol. The number of halogens is 1. The van der Waals surface area contributed by atoms with Crippen molar-refractivity contribution in [3.63, 3.8) is 0 Å². The highest BCUT2D eigenvalue weighted by Crippen LogP contribution is 2.21. The third-order valence-electron chi connectivity index (χ3n) is 2.99. The summed E-state index contributed by atoms with van der Waals surface area (Å²) in [5.41, 5.74) is 0.808. The van der Waals surface area contributed by atoms with E-state index >= 15 is 0 Å². The van der Waals surface area contributed by atoms with E-state index in [4.69, 9.17) is 9.47 Å². The van der Waals surface area contributed by atoms with Gasteiger partial charge >= 0.3 is 0 Å². The molecule has 1 aromatic carbocycles. The summed E-state index contributed by atoms with van der Waals surface area (Å²) < 4.78 is 24.0. The average molecular weight is 253 g/mol. The molecule has 0 aliphatic heterocycles. The maximum Gasteiger partial charge on any atom is 0.134 e. The molecule has 0 saturated heterocycles. The molecule has 2 rings (SSSR count). The van der Waals surface area contributed by atoms with E-state index < -0.39 is 0 Å². The van der Waals surface area contributed by atoms with Crippen molar-refractivity contribution in [2.45, 2.75) is 31.9 Å². The largest absolute Gasteiger partial charge is 0.486 e. The van der Waals surface area contributed by atoms with Gasteiger partial charge in [0, 0.05) is 19.7 Å². The number of hydrogen-bond acceptors (Lipinski definition) is 3. The molecule has 1 saturated carbocycles. The molecule has 1 atom stereocenters. The number of aryl methyl sites for hydroxylation is 1. The molecule has 1 unspecified atom stereocenters. The van der Waals surface area contributed by atoms with Crippen LogP contribution in [0.4, 0.5) is 4.39 Å². The van der Waals surface area contributed by atoms with Gasteiger partial charge in [-0.05, 0) is 43.5 Å². The summed E-state index contributed by atoms with van der Waals surface area (Å²) in [6.07, 6.45) is 2.45. The van der Waals surface area contributed by atoms with E-state index in [0.29, 0.717) is 12.6 Å². The zero-order chi connectivity index (χ0) is 13.0. The van der Waals surface area contributed by atoms with Crippen LogP contribution in [0.15, 0.2) is 18.2 Å². The Balaban J connectivity index is 1.92. The average Bonchev–Trinajstić information content (AvgIpc) is 3.13. The SMILES string of the molecule is COCC(CNC1CC1)Oc1ccc(F)cc1C. The van der Waals surface area contributed by atoms with Crippen LogP contribution in [-0.4, -0.2) is 32.4 Å². The number of benzene rings is 1. The van der Waals surface area contributed by atoms with Gasteiger partial charge in [-0.1, -0.05) is 0 Å². The Labute approximate surface area is 107 Å². The number of ether oxygens (including phenoxy) is 2. The second-order valence-electron chi connectivity index (χ2n) is 4.79. The topological polar surface area (TPSA) is 30.5 Å². The first kappa shape index (κ1) is 13.3. The van der Waals surface area contributed by atoms with Crippen molar-refractivity contribution in [3.8, 4) is 5.75 Å². The Morgan fingerprint density at radius 2 is 2.22 bits per heavy atom. The van der Waals surface area contributed by atoms with Crippen LogP contribution in [-0.2, 0) is 4.74 Å². The van der Waals surface area contributed by atoms with E-state index in [0.717, 1.165) is 17.9 Å². The normalized spacial score (nSPS) is 16.6. The van der Waals surface area contributed by atoms with Crippen molar-refractivity contribution in [2.75, 3.05) is 20.3 Å². The lowest BCUT2D eigenvalue weighted by Crippen LogP contribution is -2.36. The second-order valence-corrected chi connectivity index (χ2v) is 4.79. The summed E-state index contributed by atoms with van der Waals surface area (Å²) in [7, 11) is 1.66. The first-order chi connectivity index (χ1) is 8.69. The van der Waals surface area contributed by atoms with Crippen LogP contribution in [0, 0.1) is 12.7 Å². The molecular formula is C14H20FNO2. The molecule has 3 nitrogen and oxygen atoms in total. The maximum atomic E-state index is 13.0. The van der Waals surface area contributed by atoms with Gasteiger partial charge in [-0.25, -0.2) is 4.39 Å². The maximum absolute atomic E-state index is 13.0. The van der Waals surface area contributed by atoms with Gasteiger partial charge in [0.1, 0.15) is 17.7 Å². The molecule has 0 heterocycles. The van der Waals surface area contributed by atoms with Crippen molar-refractivity contribution in [3.05, 3.63) is 29.6 Å². The Kier molecular flexibility index (Phi) is 4.55. The third kappa shape index (κ3) is 3.96. The smallest absolute Gasteiger partial charge is 0.134 e. The monoisotopic (exact) mass is 253 g/mol. The van der Waals surface area contributed by atoms with Gasteiger partial charge in [0.05, 0.1) is 6.61 Å². The molecule has 1 aromatic rings. The van der Waals surface area contributed by atoms with Crippen LogP contribution in [0.2, 0.25) is 0 Å². The van der Waals surface area contributed by atoms with Gasteiger partial charge in [-0.15, -0.1) is 0 Å². The van der Waals surface area contributed by atoms with Gasteiger partial charge in [0.2, 0.25) is 0 Å². The summed E-state index contributed by atoms with van der Waals surface area (Å²) in [6.45, 7) is 3.13. The number of hydrogen-bond donors (Lipinski definition) is 1. The molecule has 0 amide bonds. The van der Waals surface area contributed by atoms with Crippen LogP contribution in [0.3, 0.4) is 0 Å². The molecule has 0 aromatic heterocycles. The van der Waals surface area contributed by atoms with Crippen molar-refractivity contribution in [1.82, 2.24) is 5.32 Å². The van der Waals surface area contributed by atoms with E-state index in [2.05, 4.69) is 5.32 Å². The zero-order valence-corrected chi connectivity index (χ0v) is 10.9. The highest BCUT2D eigenvalue weighted by Gasteiger charge is 2.22. The van der Waals surface area contributed by atoms with Gasteiger partial charge in [0.15, 0.2) is 0 Å². The molecule has 0 spiro atoms. The van der Waals surface area contributed by atoms with Crippen LogP contribution in [0.25, 0.3) is 0 Å². The van der Waals surface area contributed by atoms with Gasteiger partial charge in [0.25, 0.3) is 0 Å². The molecule has 1 N–H and O–H groups in total. The number of methoxy groups -OCH3 is 1. The molecular weight excluding hydrogens is 233 g/mol. The Bertz CT molecular complexity index is 393. The van der Waals surface area contributed by atoms with E-state index in [9.17, 15) is 4.39 Å². The van der Waals surface area contributed by atoms with Gasteiger partial charge in [-0.3, -0.25) is 0 Å². The fraction of sp³-hybridized carbons (Fsp3) is 0.571. The molecule has 4 heteroatoms. The van der Waals surface area contributed by atoms with Crippen molar-refractivity contribution in [2.24, 2.45) is 0 Å². The van der Waals surface area contributed by atoms with Crippen molar-refractivity contribution < 1.29 is 13.9 Å². The first-order valence-electron chi connectivity index (χ1n) is 6.34. The molecule has 1 aliphatic rings. The van der Waals surface area contributed by atoms with Gasteiger partial charge in [-0.2, -0.15) is 0 Å². The minimum atomic E-state index is -0.237. The lowest BCUT2D eigenvalue weighted by Gasteiger charge is -2.20. The number of nitrogens with one attached hydrogen (secondary N) is 1. The van der Waals surface area contributed by atoms with Crippen LogP contribution < -0.4 is 10.1 Å². The minimum Gasteiger partial charge on any atom is -0.486 e. The van der Waals surface area contributed by atoms with Crippen molar-refractivity contribution >= 4 is 0 Å². The fourth-order valence-corrected chi connectivity index (χ4v) is 1.83. The van der Waals surface area contributed by atoms with Gasteiger partial charge < -0.3 is 14.8 Å². The zero-order valence-electron chi connectivity index (χ0n) is 10.9. The standard InChI is InChI=1S/C14H20FNO2/c1-10-7-11(15)3-6-14(10)18-13(9-17-2)8-16-12-4-5-12/h3,6-7,12-13,16H,4-5,8-9H2,1-2H3. The van der Waals surface area contributed by atoms with E-state index in [1.807, 2.05) is 6.92 Å². The number of rotatable bonds is 7. The molecule has 1 aliphatic carbocycles. The lowest BCUT2D eigenvalue weighted by molar-refractivity contribution is 0.0799. The quantitative estimate of drug-likeness (QED) is 0.808. The molecule has 100 valence electrons. The molecule has 0 radical (unpaired) electrons. The Morgan fingerprint density at radius 3 is 2.83 bits per heavy atom. The lowest BCUT2D eigenvalue weighted by atomic mass is 10.2. The minimum absolute atomic E-state index is 0.0419. The summed E-state index contributed by atoms with van der Waals surface area (Å²) in [5, 5.41) is 3.41. The first-order valence-corrected chi connectivity index (χ1v) is 6.34. The summed E-state index contributed by atoms with van der Waals surface area (Å²) >= 11 is 0. The van der Waals surface area contributed by atoms with Crippen LogP contribution in [0.5, 0.6) is 5.75 Å². The van der Waals surface area contributed by atoms with E-state index in [-0.39, 0.29) is 11.9 Å². The van der Waals surface area contributed by atoms with Crippen molar-refractivity contribution in [1.29, 1.82) is 0 Å². The van der Waals surface area contributed by atoms with Crippen LogP contribution in [0.1, 0.15) is 18.4 Å². The van der Waals surface area contributed by atoms with E-state index in [1.165, 1.54) is 25.0 Å². The molecule has 0 bridgehead atoms. The molecule has 1 fully saturated rings. The Morgan fingerprint density at radius 1 is 1.44 bits per heavy atom. The summed E-state index contributed by atoms with van der Waals surface area (Å²) in [5.74, 6) is 0.482. The van der Waals surface area contributed by atoms with Crippen LogP contribution >= 0.6 is 0 Å². The second kappa shape index (κ2) is 6.16. The highest BCUT2D eigenvalue weighted by atomic mass is 19.1. The fourth-order valence-electron chi connectivity index (χ4n) is 1.83.